The fourth-order valence-corrected chi connectivity index (χ4v) is 6.28. The fourth-order valence-electron chi connectivity index (χ4n) is 4.88. The first kappa shape index (κ1) is 23.1. The van der Waals surface area contributed by atoms with Gasteiger partial charge in [-0.05, 0) is 33.6 Å². The molecular formula is C21H29F3N4O3S. The number of fused-ring (bicyclic) bond motifs is 3. The molecule has 0 aliphatic carbocycles. The predicted molar refractivity (Wildman–Crippen MR) is 114 cm³/mol. The summed E-state index contributed by atoms with van der Waals surface area (Å²) in [5.74, 6) is -1.81. The Kier molecular flexibility index (Phi) is 5.42. The molecule has 2 saturated heterocycles. The Labute approximate surface area is 189 Å². The molecule has 32 heavy (non-hydrogen) atoms. The molecule has 1 aromatic heterocycles. The molecule has 1 aromatic rings. The third-order valence-electron chi connectivity index (χ3n) is 6.13. The van der Waals surface area contributed by atoms with Crippen LogP contribution in [0.2, 0.25) is 0 Å². The van der Waals surface area contributed by atoms with Gasteiger partial charge in [-0.3, -0.25) is 4.79 Å². The molecule has 3 aliphatic heterocycles. The van der Waals surface area contributed by atoms with Crippen LogP contribution in [0.4, 0.5) is 23.1 Å². The van der Waals surface area contributed by atoms with Gasteiger partial charge in [-0.1, -0.05) is 25.2 Å². The zero-order chi connectivity index (χ0) is 23.6. The van der Waals surface area contributed by atoms with Crippen LogP contribution in [0.15, 0.2) is 0 Å². The third kappa shape index (κ3) is 4.27. The summed E-state index contributed by atoms with van der Waals surface area (Å²) in [7, 11) is 0. The number of thiazole rings is 1. The number of halogens is 3. The quantitative estimate of drug-likeness (QED) is 0.618. The van der Waals surface area contributed by atoms with Crippen molar-refractivity contribution in [3.05, 3.63) is 10.6 Å². The lowest BCUT2D eigenvalue weighted by Crippen LogP contribution is -2.56. The Morgan fingerprint density at radius 3 is 2.22 bits per heavy atom. The summed E-state index contributed by atoms with van der Waals surface area (Å²) >= 11 is 1.36. The lowest BCUT2D eigenvalue weighted by molar-refractivity contribution is -0.187. The van der Waals surface area contributed by atoms with Crippen molar-refractivity contribution in [3.63, 3.8) is 0 Å². The third-order valence-corrected chi connectivity index (χ3v) is 7.19. The number of hydrogen-bond acceptors (Lipinski definition) is 6. The number of hydrogen-bond donors (Lipinski definition) is 0. The van der Waals surface area contributed by atoms with Crippen molar-refractivity contribution < 1.29 is 27.5 Å². The van der Waals surface area contributed by atoms with Gasteiger partial charge >= 0.3 is 18.2 Å². The molecule has 0 aromatic carbocycles. The topological polar surface area (TPSA) is 66.0 Å². The van der Waals surface area contributed by atoms with E-state index in [9.17, 15) is 22.8 Å². The van der Waals surface area contributed by atoms with Crippen LogP contribution in [0.5, 0.6) is 0 Å². The molecule has 2 bridgehead atoms. The van der Waals surface area contributed by atoms with Crippen LogP contribution in [0, 0.1) is 0 Å². The van der Waals surface area contributed by atoms with E-state index in [1.165, 1.54) is 11.3 Å². The number of amides is 2. The van der Waals surface area contributed by atoms with E-state index in [1.54, 1.807) is 4.90 Å². The number of rotatable bonds is 1. The van der Waals surface area contributed by atoms with Crippen molar-refractivity contribution in [1.29, 1.82) is 0 Å². The molecule has 0 N–H and O–H groups in total. The Hall–Kier alpha value is -2.04. The Morgan fingerprint density at radius 2 is 1.69 bits per heavy atom. The number of nitrogens with zero attached hydrogens (tertiary/aromatic N) is 4. The van der Waals surface area contributed by atoms with E-state index < -0.39 is 23.1 Å². The number of ether oxygens (including phenoxy) is 1. The summed E-state index contributed by atoms with van der Waals surface area (Å²) in [6.45, 7) is 10.1. The highest BCUT2D eigenvalue weighted by Gasteiger charge is 2.48. The first-order valence-electron chi connectivity index (χ1n) is 10.8. The average Bonchev–Trinajstić information content (AvgIpc) is 3.16. The number of carbonyl (C=O) groups is 2. The molecule has 178 valence electrons. The van der Waals surface area contributed by atoms with E-state index in [2.05, 4.69) is 4.90 Å². The summed E-state index contributed by atoms with van der Waals surface area (Å²) in [6.07, 6.45) is -3.39. The van der Waals surface area contributed by atoms with E-state index in [1.807, 2.05) is 34.6 Å². The molecule has 0 saturated carbocycles. The first-order chi connectivity index (χ1) is 14.7. The van der Waals surface area contributed by atoms with E-state index in [-0.39, 0.29) is 31.3 Å². The van der Waals surface area contributed by atoms with Gasteiger partial charge in [-0.2, -0.15) is 13.2 Å². The fraction of sp³-hybridized carbons (Fsp3) is 0.762. The van der Waals surface area contributed by atoms with Crippen LogP contribution >= 0.6 is 11.3 Å². The van der Waals surface area contributed by atoms with Gasteiger partial charge in [0.15, 0.2) is 5.13 Å². The highest BCUT2D eigenvalue weighted by atomic mass is 32.1. The van der Waals surface area contributed by atoms with Gasteiger partial charge in [0.25, 0.3) is 0 Å². The van der Waals surface area contributed by atoms with Crippen molar-refractivity contribution >= 4 is 28.5 Å². The van der Waals surface area contributed by atoms with Gasteiger partial charge in [-0.15, -0.1) is 0 Å². The minimum atomic E-state index is -4.89. The van der Waals surface area contributed by atoms with Crippen molar-refractivity contribution in [2.24, 2.45) is 0 Å². The average molecular weight is 475 g/mol. The summed E-state index contributed by atoms with van der Waals surface area (Å²) in [5.41, 5.74) is -0.481. The standard InChI is InChI=1S/C21H29F3N4O3S/c1-19(2,3)31-18(30)26-8-12-6-7-13(9-26)28(12)17-25-15-14(32-17)10-27(11-20(15,4)5)16(29)21(22,23)24/h12-13H,6-11H2,1-5H3. The second kappa shape index (κ2) is 7.50. The molecule has 0 radical (unpaired) electrons. The molecule has 2 atom stereocenters. The summed E-state index contributed by atoms with van der Waals surface area (Å²) in [6, 6.07) is 0.176. The van der Waals surface area contributed by atoms with Gasteiger partial charge in [0.2, 0.25) is 0 Å². The maximum absolute atomic E-state index is 13.0. The van der Waals surface area contributed by atoms with Crippen LogP contribution in [0.1, 0.15) is 58.0 Å². The smallest absolute Gasteiger partial charge is 0.444 e. The van der Waals surface area contributed by atoms with Gasteiger partial charge in [-0.25, -0.2) is 9.78 Å². The number of aromatic nitrogens is 1. The molecule has 4 heterocycles. The molecule has 3 aliphatic rings. The number of carbonyl (C=O) groups excluding carboxylic acids is 2. The second-order valence-electron chi connectivity index (χ2n) is 10.5. The monoisotopic (exact) mass is 474 g/mol. The maximum Gasteiger partial charge on any atom is 0.471 e. The summed E-state index contributed by atoms with van der Waals surface area (Å²) in [5, 5.41) is 0.765. The number of likely N-dealkylation sites (tertiary alicyclic amines) is 1. The Balaban J connectivity index is 1.54. The zero-order valence-corrected chi connectivity index (χ0v) is 19.8. The molecule has 2 amide bonds. The van der Waals surface area contributed by atoms with Crippen LogP contribution < -0.4 is 4.90 Å². The SMILES string of the molecule is CC(C)(C)OC(=O)N1CC2CCC(C1)N2c1nc2c(s1)CN(C(=O)C(F)(F)F)CC2(C)C. The Bertz CT molecular complexity index is 910. The number of piperazine rings is 1. The lowest BCUT2D eigenvalue weighted by atomic mass is 9.85. The molecule has 2 unspecified atom stereocenters. The predicted octanol–water partition coefficient (Wildman–Crippen LogP) is 3.91. The van der Waals surface area contributed by atoms with E-state index in [4.69, 9.17) is 9.72 Å². The summed E-state index contributed by atoms with van der Waals surface area (Å²) in [4.78, 5) is 34.8. The van der Waals surface area contributed by atoms with Gasteiger partial charge in [0, 0.05) is 42.0 Å². The van der Waals surface area contributed by atoms with E-state index >= 15 is 0 Å². The highest BCUT2D eigenvalue weighted by Crippen LogP contribution is 2.44. The minimum Gasteiger partial charge on any atom is -0.444 e. The molecule has 4 rings (SSSR count). The molecule has 2 fully saturated rings. The molecule has 0 spiro atoms. The van der Waals surface area contributed by atoms with Gasteiger partial charge in [0.1, 0.15) is 5.60 Å². The zero-order valence-electron chi connectivity index (χ0n) is 19.0. The van der Waals surface area contributed by atoms with Crippen LogP contribution in [0.25, 0.3) is 0 Å². The van der Waals surface area contributed by atoms with Crippen LogP contribution in [0.3, 0.4) is 0 Å². The largest absolute Gasteiger partial charge is 0.471 e. The first-order valence-corrected chi connectivity index (χ1v) is 11.6. The minimum absolute atomic E-state index is 0.0270. The second-order valence-corrected chi connectivity index (χ2v) is 11.6. The molecular weight excluding hydrogens is 445 g/mol. The number of anilines is 1. The van der Waals surface area contributed by atoms with Crippen molar-refractivity contribution in [2.75, 3.05) is 24.5 Å². The van der Waals surface area contributed by atoms with Crippen molar-refractivity contribution in [3.8, 4) is 0 Å². The highest BCUT2D eigenvalue weighted by molar-refractivity contribution is 7.15. The van der Waals surface area contributed by atoms with E-state index in [0.717, 1.165) is 28.6 Å². The van der Waals surface area contributed by atoms with Gasteiger partial charge < -0.3 is 19.4 Å². The molecule has 7 nitrogen and oxygen atoms in total. The Morgan fingerprint density at radius 1 is 1.09 bits per heavy atom. The normalized spacial score (nSPS) is 25.1. The molecule has 11 heteroatoms. The van der Waals surface area contributed by atoms with Crippen molar-refractivity contribution in [2.45, 2.75) is 83.3 Å². The van der Waals surface area contributed by atoms with E-state index in [0.29, 0.717) is 18.0 Å². The maximum atomic E-state index is 13.0. The van der Waals surface area contributed by atoms with Crippen LogP contribution in [-0.2, 0) is 21.5 Å². The number of alkyl halides is 3. The summed E-state index contributed by atoms with van der Waals surface area (Å²) < 4.78 is 44.6. The van der Waals surface area contributed by atoms with Gasteiger partial charge in [0.05, 0.1) is 12.2 Å². The van der Waals surface area contributed by atoms with Crippen molar-refractivity contribution in [1.82, 2.24) is 14.8 Å². The lowest BCUT2D eigenvalue weighted by Gasteiger charge is -2.41. The van der Waals surface area contributed by atoms with Crippen LogP contribution in [-0.4, -0.2) is 70.3 Å².